The van der Waals surface area contributed by atoms with Gasteiger partial charge in [-0.3, -0.25) is 4.79 Å². The largest absolute Gasteiger partial charge is 0.497 e. The van der Waals surface area contributed by atoms with Crippen LogP contribution in [-0.2, 0) is 0 Å². The second-order valence-corrected chi connectivity index (χ2v) is 6.29. The van der Waals surface area contributed by atoms with E-state index >= 15 is 0 Å². The van der Waals surface area contributed by atoms with Gasteiger partial charge in [0.05, 0.1) is 12.8 Å². The molecule has 0 fully saturated rings. The van der Waals surface area contributed by atoms with Crippen molar-refractivity contribution < 1.29 is 14.3 Å². The van der Waals surface area contributed by atoms with Crippen molar-refractivity contribution in [3.05, 3.63) is 90.3 Å². The lowest BCUT2D eigenvalue weighted by Crippen LogP contribution is -2.18. The minimum absolute atomic E-state index is 0.161. The van der Waals surface area contributed by atoms with E-state index in [4.69, 9.17) is 9.47 Å². The number of carbonyl (C=O) groups excluding carboxylic acids is 1. The summed E-state index contributed by atoms with van der Waals surface area (Å²) in [5.41, 5.74) is 3.13. The Balaban J connectivity index is 2.03. The first kappa shape index (κ1) is 19.9. The highest BCUT2D eigenvalue weighted by molar-refractivity contribution is 5.95. The van der Waals surface area contributed by atoms with Gasteiger partial charge in [0.25, 0.3) is 5.91 Å². The molecule has 1 amide bonds. The Morgan fingerprint density at radius 2 is 2.00 bits per heavy atom. The lowest BCUT2D eigenvalue weighted by Gasteiger charge is -2.15. The summed E-state index contributed by atoms with van der Waals surface area (Å²) in [5, 5.41) is 6.90. The third-order valence-electron chi connectivity index (χ3n) is 4.36. The van der Waals surface area contributed by atoms with E-state index in [1.165, 1.54) is 0 Å². The smallest absolute Gasteiger partial charge is 0.251 e. The van der Waals surface area contributed by atoms with Crippen molar-refractivity contribution in [3.8, 4) is 17.2 Å². The fourth-order valence-corrected chi connectivity index (χ4v) is 2.87. The minimum atomic E-state index is -0.161. The summed E-state index contributed by atoms with van der Waals surface area (Å²) in [6.07, 6.45) is 6.96. The zero-order chi connectivity index (χ0) is 20.8. The van der Waals surface area contributed by atoms with Gasteiger partial charge in [0.2, 0.25) is 0 Å². The van der Waals surface area contributed by atoms with Crippen molar-refractivity contribution in [2.24, 2.45) is 0 Å². The Bertz CT molecular complexity index is 1050. The molecule has 0 spiro atoms. The number of rotatable bonds is 7. The number of amides is 1. The zero-order valence-electron chi connectivity index (χ0n) is 16.7. The van der Waals surface area contributed by atoms with Gasteiger partial charge in [-0.2, -0.15) is 5.10 Å². The third kappa shape index (κ3) is 4.55. The maximum Gasteiger partial charge on any atom is 0.251 e. The van der Waals surface area contributed by atoms with Crippen LogP contribution in [0.15, 0.2) is 73.6 Å². The molecule has 0 radical (unpaired) electrons. The number of ether oxygens (including phenoxy) is 2. The quantitative estimate of drug-likeness (QED) is 0.487. The number of methoxy groups -OCH3 is 1. The van der Waals surface area contributed by atoms with Crippen molar-refractivity contribution in [3.63, 3.8) is 0 Å². The Hall–Kier alpha value is -3.80. The summed E-state index contributed by atoms with van der Waals surface area (Å²) in [6.45, 7) is 5.75. The lowest BCUT2D eigenvalue weighted by atomic mass is 10.0. The van der Waals surface area contributed by atoms with E-state index in [1.54, 1.807) is 55.4 Å². The van der Waals surface area contributed by atoms with Crippen molar-refractivity contribution >= 4 is 11.7 Å². The molecule has 148 valence electrons. The van der Waals surface area contributed by atoms with Crippen molar-refractivity contribution in [2.45, 2.75) is 6.92 Å². The molecular weight excluding hydrogens is 366 g/mol. The van der Waals surface area contributed by atoms with Gasteiger partial charge in [-0.05, 0) is 36.8 Å². The van der Waals surface area contributed by atoms with Crippen LogP contribution in [0.4, 0.5) is 0 Å². The second-order valence-electron chi connectivity index (χ2n) is 6.29. The van der Waals surface area contributed by atoms with Gasteiger partial charge in [-0.25, -0.2) is 4.68 Å². The highest BCUT2D eigenvalue weighted by atomic mass is 16.5. The van der Waals surface area contributed by atoms with E-state index in [2.05, 4.69) is 17.0 Å². The number of allylic oxidation sites excluding steroid dienone is 2. The van der Waals surface area contributed by atoms with E-state index in [0.29, 0.717) is 22.8 Å². The molecule has 3 aromatic rings. The molecular formula is C23H23N3O3. The molecule has 0 aliphatic heterocycles. The average molecular weight is 389 g/mol. The predicted molar refractivity (Wildman–Crippen MR) is 113 cm³/mol. The molecule has 3 rings (SSSR count). The van der Waals surface area contributed by atoms with Crippen molar-refractivity contribution in [1.29, 1.82) is 0 Å². The summed E-state index contributed by atoms with van der Waals surface area (Å²) < 4.78 is 13.4. The zero-order valence-corrected chi connectivity index (χ0v) is 16.7. The van der Waals surface area contributed by atoms with Crippen LogP contribution in [0, 0.1) is 6.92 Å². The lowest BCUT2D eigenvalue weighted by molar-refractivity contribution is 0.0963. The second kappa shape index (κ2) is 8.93. The summed E-state index contributed by atoms with van der Waals surface area (Å²) in [4.78, 5) is 12.1. The summed E-state index contributed by atoms with van der Waals surface area (Å²) >= 11 is 0. The summed E-state index contributed by atoms with van der Waals surface area (Å²) in [5.74, 6) is 1.63. The highest BCUT2D eigenvalue weighted by Gasteiger charge is 2.13. The Morgan fingerprint density at radius 1 is 1.21 bits per heavy atom. The highest BCUT2D eigenvalue weighted by Crippen LogP contribution is 2.30. The Morgan fingerprint density at radius 3 is 2.66 bits per heavy atom. The third-order valence-corrected chi connectivity index (χ3v) is 4.36. The molecule has 0 unspecified atom stereocenters. The first-order chi connectivity index (χ1) is 14.0. The first-order valence-electron chi connectivity index (χ1n) is 9.08. The van der Waals surface area contributed by atoms with Gasteiger partial charge >= 0.3 is 0 Å². The number of carbonyl (C=O) groups is 1. The van der Waals surface area contributed by atoms with Crippen LogP contribution in [-0.4, -0.2) is 29.8 Å². The SMILES string of the molecule is C=C/C=C(/Oc1cc(OC)cc(-n2cccn2)c1)c1cc(C(=O)NC)ccc1C. The normalized spacial score (nSPS) is 11.1. The van der Waals surface area contributed by atoms with Gasteiger partial charge < -0.3 is 14.8 Å². The number of hydrogen-bond acceptors (Lipinski definition) is 4. The first-order valence-corrected chi connectivity index (χ1v) is 9.08. The molecule has 1 heterocycles. The van der Waals surface area contributed by atoms with Gasteiger partial charge in [0.1, 0.15) is 17.3 Å². The number of aromatic nitrogens is 2. The van der Waals surface area contributed by atoms with Crippen LogP contribution in [0.1, 0.15) is 21.5 Å². The van der Waals surface area contributed by atoms with E-state index in [-0.39, 0.29) is 5.91 Å². The number of aryl methyl sites for hydroxylation is 1. The monoisotopic (exact) mass is 389 g/mol. The van der Waals surface area contributed by atoms with Gasteiger partial charge in [0.15, 0.2) is 0 Å². The maximum absolute atomic E-state index is 12.1. The molecule has 6 nitrogen and oxygen atoms in total. The van der Waals surface area contributed by atoms with Crippen LogP contribution >= 0.6 is 0 Å². The van der Waals surface area contributed by atoms with Gasteiger partial charge in [-0.15, -0.1) is 0 Å². The molecule has 0 aliphatic carbocycles. The van der Waals surface area contributed by atoms with Crippen molar-refractivity contribution in [2.75, 3.05) is 14.2 Å². The molecule has 1 aromatic heterocycles. The van der Waals surface area contributed by atoms with Gasteiger partial charge in [0, 0.05) is 48.8 Å². The van der Waals surface area contributed by atoms with E-state index < -0.39 is 0 Å². The van der Waals surface area contributed by atoms with Crippen molar-refractivity contribution in [1.82, 2.24) is 15.1 Å². The Kier molecular flexibility index (Phi) is 6.14. The van der Waals surface area contributed by atoms with Crippen LogP contribution in [0.3, 0.4) is 0 Å². The topological polar surface area (TPSA) is 65.4 Å². The number of nitrogens with one attached hydrogen (secondary N) is 1. The molecule has 2 aromatic carbocycles. The molecule has 29 heavy (non-hydrogen) atoms. The average Bonchev–Trinajstić information content (AvgIpc) is 3.28. The standard InChI is InChI=1S/C23H23N3O3/c1-5-7-22(21-12-17(23(27)24-3)9-8-16(21)2)29-20-14-18(13-19(15-20)28-4)26-11-6-10-25-26/h5-15H,1H2,2-4H3,(H,24,27)/b22-7+. The summed E-state index contributed by atoms with van der Waals surface area (Å²) in [7, 11) is 3.20. The molecule has 6 heteroatoms. The number of nitrogens with zero attached hydrogens (tertiary/aromatic N) is 2. The van der Waals surface area contributed by atoms with Crippen LogP contribution in [0.25, 0.3) is 11.4 Å². The fourth-order valence-electron chi connectivity index (χ4n) is 2.87. The molecule has 0 aliphatic rings. The van der Waals surface area contributed by atoms with Crippen LogP contribution in [0.2, 0.25) is 0 Å². The number of benzene rings is 2. The van der Waals surface area contributed by atoms with E-state index in [0.717, 1.165) is 16.8 Å². The molecule has 0 atom stereocenters. The fraction of sp³-hybridized carbons (Fsp3) is 0.130. The van der Waals surface area contributed by atoms with Crippen LogP contribution in [0.5, 0.6) is 11.5 Å². The summed E-state index contributed by atoms with van der Waals surface area (Å²) in [6, 6.07) is 12.8. The molecule has 0 saturated carbocycles. The molecule has 0 bridgehead atoms. The molecule has 1 N–H and O–H groups in total. The minimum Gasteiger partial charge on any atom is -0.497 e. The van der Waals surface area contributed by atoms with E-state index in [9.17, 15) is 4.79 Å². The van der Waals surface area contributed by atoms with Crippen LogP contribution < -0.4 is 14.8 Å². The number of hydrogen-bond donors (Lipinski definition) is 1. The van der Waals surface area contributed by atoms with E-state index in [1.807, 2.05) is 37.4 Å². The Labute approximate surface area is 170 Å². The predicted octanol–water partition coefficient (Wildman–Crippen LogP) is 4.15. The van der Waals surface area contributed by atoms with Gasteiger partial charge in [-0.1, -0.05) is 18.7 Å². The maximum atomic E-state index is 12.1. The molecule has 0 saturated heterocycles.